The van der Waals surface area contributed by atoms with E-state index >= 15 is 0 Å². The molecule has 1 aromatic carbocycles. The van der Waals surface area contributed by atoms with Crippen molar-refractivity contribution in [2.75, 3.05) is 38.3 Å². The van der Waals surface area contributed by atoms with Gasteiger partial charge in [-0.3, -0.25) is 0 Å². The number of nitriles is 1. The molecule has 0 spiro atoms. The Morgan fingerprint density at radius 1 is 1.33 bits per heavy atom. The van der Waals surface area contributed by atoms with Gasteiger partial charge in [0, 0.05) is 31.9 Å². The molecule has 1 N–H and O–H groups in total. The number of anilines is 1. The van der Waals surface area contributed by atoms with Crippen LogP contribution in [0.3, 0.4) is 0 Å². The normalized spacial score (nSPS) is 11.9. The van der Waals surface area contributed by atoms with Gasteiger partial charge in [-0.05, 0) is 31.5 Å². The SMILES string of the molecule is CCCNC(C)c1ccccc1N(CCC#N)CCOC. The molecular weight excluding hydrogens is 262 g/mol. The van der Waals surface area contributed by atoms with Gasteiger partial charge in [0.25, 0.3) is 0 Å². The van der Waals surface area contributed by atoms with Crippen molar-refractivity contribution in [2.24, 2.45) is 0 Å². The van der Waals surface area contributed by atoms with E-state index < -0.39 is 0 Å². The smallest absolute Gasteiger partial charge is 0.0640 e. The average Bonchev–Trinajstić information content (AvgIpc) is 2.53. The van der Waals surface area contributed by atoms with Gasteiger partial charge in [-0.25, -0.2) is 0 Å². The molecule has 21 heavy (non-hydrogen) atoms. The third-order valence-electron chi connectivity index (χ3n) is 3.50. The van der Waals surface area contributed by atoms with Crippen molar-refractivity contribution in [3.63, 3.8) is 0 Å². The molecule has 1 atom stereocenters. The summed E-state index contributed by atoms with van der Waals surface area (Å²) in [4.78, 5) is 2.24. The van der Waals surface area contributed by atoms with Gasteiger partial charge in [-0.2, -0.15) is 5.26 Å². The number of ether oxygens (including phenoxy) is 1. The largest absolute Gasteiger partial charge is 0.383 e. The summed E-state index contributed by atoms with van der Waals surface area (Å²) in [5, 5.41) is 12.4. The number of para-hydroxylation sites is 1. The van der Waals surface area contributed by atoms with Crippen LogP contribution in [-0.4, -0.2) is 33.4 Å². The van der Waals surface area contributed by atoms with Gasteiger partial charge in [0.1, 0.15) is 0 Å². The Morgan fingerprint density at radius 3 is 2.76 bits per heavy atom. The number of nitrogens with one attached hydrogen (secondary N) is 1. The molecule has 4 heteroatoms. The van der Waals surface area contributed by atoms with Gasteiger partial charge in [0.2, 0.25) is 0 Å². The number of methoxy groups -OCH3 is 1. The summed E-state index contributed by atoms with van der Waals surface area (Å²) in [7, 11) is 1.71. The Kier molecular flexibility index (Phi) is 8.49. The minimum absolute atomic E-state index is 0.299. The first kappa shape index (κ1) is 17.5. The Morgan fingerprint density at radius 2 is 2.10 bits per heavy atom. The number of nitrogens with zero attached hydrogens (tertiary/aromatic N) is 2. The summed E-state index contributed by atoms with van der Waals surface area (Å²) in [6.07, 6.45) is 1.64. The zero-order valence-corrected chi connectivity index (χ0v) is 13.4. The fourth-order valence-electron chi connectivity index (χ4n) is 2.35. The van der Waals surface area contributed by atoms with Gasteiger partial charge >= 0.3 is 0 Å². The first-order valence-corrected chi connectivity index (χ1v) is 7.67. The van der Waals surface area contributed by atoms with E-state index in [0.29, 0.717) is 19.1 Å². The van der Waals surface area contributed by atoms with Crippen LogP contribution < -0.4 is 10.2 Å². The van der Waals surface area contributed by atoms with E-state index in [1.165, 1.54) is 11.3 Å². The van der Waals surface area contributed by atoms with Crippen LogP contribution in [0.1, 0.15) is 38.3 Å². The van der Waals surface area contributed by atoms with Crippen LogP contribution in [0.4, 0.5) is 5.69 Å². The molecule has 0 aliphatic heterocycles. The number of hydrogen-bond donors (Lipinski definition) is 1. The number of rotatable bonds is 10. The van der Waals surface area contributed by atoms with Gasteiger partial charge in [-0.1, -0.05) is 25.1 Å². The maximum absolute atomic E-state index is 8.86. The Balaban J connectivity index is 2.92. The molecule has 1 aromatic rings. The van der Waals surface area contributed by atoms with Crippen LogP contribution in [0.5, 0.6) is 0 Å². The van der Waals surface area contributed by atoms with Gasteiger partial charge < -0.3 is 15.0 Å². The average molecular weight is 289 g/mol. The highest BCUT2D eigenvalue weighted by Gasteiger charge is 2.14. The molecule has 0 saturated carbocycles. The lowest BCUT2D eigenvalue weighted by molar-refractivity contribution is 0.205. The van der Waals surface area contributed by atoms with Crippen molar-refractivity contribution >= 4 is 5.69 Å². The van der Waals surface area contributed by atoms with E-state index in [2.05, 4.69) is 54.4 Å². The van der Waals surface area contributed by atoms with Gasteiger partial charge in [0.15, 0.2) is 0 Å². The molecule has 0 aliphatic rings. The van der Waals surface area contributed by atoms with Crippen molar-refractivity contribution in [1.29, 1.82) is 5.26 Å². The minimum Gasteiger partial charge on any atom is -0.383 e. The van der Waals surface area contributed by atoms with Crippen molar-refractivity contribution in [3.05, 3.63) is 29.8 Å². The van der Waals surface area contributed by atoms with E-state index in [-0.39, 0.29) is 0 Å². The Labute approximate surface area is 128 Å². The quantitative estimate of drug-likeness (QED) is 0.719. The van der Waals surface area contributed by atoms with E-state index in [4.69, 9.17) is 10.00 Å². The van der Waals surface area contributed by atoms with Crippen LogP contribution in [0.2, 0.25) is 0 Å². The predicted octanol–water partition coefficient (Wildman–Crippen LogP) is 3.11. The van der Waals surface area contributed by atoms with Crippen molar-refractivity contribution in [1.82, 2.24) is 5.32 Å². The Hall–Kier alpha value is -1.57. The third-order valence-corrected chi connectivity index (χ3v) is 3.50. The first-order chi connectivity index (χ1) is 10.2. The molecule has 0 radical (unpaired) electrons. The van der Waals surface area contributed by atoms with E-state index in [1.54, 1.807) is 7.11 Å². The number of hydrogen-bond acceptors (Lipinski definition) is 4. The van der Waals surface area contributed by atoms with Crippen molar-refractivity contribution in [2.45, 2.75) is 32.7 Å². The van der Waals surface area contributed by atoms with Crippen LogP contribution in [-0.2, 0) is 4.74 Å². The second kappa shape index (κ2) is 10.2. The molecule has 4 nitrogen and oxygen atoms in total. The lowest BCUT2D eigenvalue weighted by Crippen LogP contribution is -2.30. The van der Waals surface area contributed by atoms with Gasteiger partial charge in [-0.15, -0.1) is 0 Å². The summed E-state index contributed by atoms with van der Waals surface area (Å²) in [5.74, 6) is 0. The second-order valence-corrected chi connectivity index (χ2v) is 5.12. The second-order valence-electron chi connectivity index (χ2n) is 5.12. The highest BCUT2D eigenvalue weighted by Crippen LogP contribution is 2.26. The van der Waals surface area contributed by atoms with E-state index in [1.807, 2.05) is 0 Å². The molecule has 0 saturated heterocycles. The van der Waals surface area contributed by atoms with Crippen LogP contribution in [0.25, 0.3) is 0 Å². The molecule has 0 aromatic heterocycles. The zero-order chi connectivity index (χ0) is 15.5. The van der Waals surface area contributed by atoms with Crippen molar-refractivity contribution in [3.8, 4) is 6.07 Å². The summed E-state index contributed by atoms with van der Waals surface area (Å²) < 4.78 is 5.20. The molecule has 0 aliphatic carbocycles. The monoisotopic (exact) mass is 289 g/mol. The van der Waals surface area contributed by atoms with Crippen LogP contribution in [0.15, 0.2) is 24.3 Å². The molecule has 0 bridgehead atoms. The fourth-order valence-corrected chi connectivity index (χ4v) is 2.35. The fraction of sp³-hybridized carbons (Fsp3) is 0.588. The molecule has 0 fully saturated rings. The van der Waals surface area contributed by atoms with Crippen LogP contribution >= 0.6 is 0 Å². The maximum Gasteiger partial charge on any atom is 0.0640 e. The highest BCUT2D eigenvalue weighted by atomic mass is 16.5. The Bertz CT molecular complexity index is 442. The number of benzene rings is 1. The molecule has 1 unspecified atom stereocenters. The topological polar surface area (TPSA) is 48.3 Å². The zero-order valence-electron chi connectivity index (χ0n) is 13.4. The summed E-state index contributed by atoms with van der Waals surface area (Å²) in [6, 6.07) is 10.9. The highest BCUT2D eigenvalue weighted by molar-refractivity contribution is 5.55. The summed E-state index contributed by atoms with van der Waals surface area (Å²) >= 11 is 0. The third kappa shape index (κ3) is 5.74. The van der Waals surface area contributed by atoms with Gasteiger partial charge in [0.05, 0.1) is 19.1 Å². The molecule has 0 heterocycles. The lowest BCUT2D eigenvalue weighted by Gasteiger charge is -2.28. The van der Waals surface area contributed by atoms with E-state index in [0.717, 1.165) is 26.1 Å². The summed E-state index contributed by atoms with van der Waals surface area (Å²) in [5.41, 5.74) is 2.47. The minimum atomic E-state index is 0.299. The molecule has 0 amide bonds. The predicted molar refractivity (Wildman–Crippen MR) is 87.5 cm³/mol. The lowest BCUT2D eigenvalue weighted by atomic mass is 10.0. The molecular formula is C17H27N3O. The van der Waals surface area contributed by atoms with E-state index in [9.17, 15) is 0 Å². The molecule has 1 rings (SSSR count). The van der Waals surface area contributed by atoms with Crippen molar-refractivity contribution < 1.29 is 4.74 Å². The molecule has 116 valence electrons. The maximum atomic E-state index is 8.86. The summed E-state index contributed by atoms with van der Waals surface area (Å²) in [6.45, 7) is 7.56. The standard InChI is InChI=1S/C17H27N3O/c1-4-11-19-15(2)16-8-5-6-9-17(16)20(12-7-10-18)13-14-21-3/h5-6,8-9,15,19H,4,7,11-14H2,1-3H3. The first-order valence-electron chi connectivity index (χ1n) is 7.67. The van der Waals surface area contributed by atoms with Crippen LogP contribution in [0, 0.1) is 11.3 Å².